The molecule has 0 amide bonds. The van der Waals surface area contributed by atoms with Crippen molar-refractivity contribution in [2.45, 2.75) is 112 Å². The van der Waals surface area contributed by atoms with Crippen molar-refractivity contribution in [3.63, 3.8) is 0 Å². The van der Waals surface area contributed by atoms with Crippen LogP contribution >= 0.6 is 0 Å². The summed E-state index contributed by atoms with van der Waals surface area (Å²) in [4.78, 5) is 0. The topological polar surface area (TPSA) is 80.7 Å². The number of rotatable bonds is 1. The highest BCUT2D eigenvalue weighted by atomic mass is 15.2. The molecule has 4 nitrogen and oxygen atoms in total. The number of nitrogens with one attached hydrogen (secondary N) is 1. The minimum Gasteiger partial charge on any atom is -0.384 e. The molecule has 5 N–H and O–H groups in total. The second-order valence-corrected chi connectivity index (χ2v) is 15.6. The maximum absolute atomic E-state index is 6.61. The van der Waals surface area contributed by atoms with Crippen LogP contribution in [-0.2, 0) is 11.8 Å². The van der Waals surface area contributed by atoms with Crippen LogP contribution in [0.5, 0.6) is 0 Å². The predicted octanol–water partition coefficient (Wildman–Crippen LogP) is 6.77. The normalized spacial score (nSPS) is 47.4. The van der Waals surface area contributed by atoms with Gasteiger partial charge in [-0.15, -0.1) is 0 Å². The highest BCUT2D eigenvalue weighted by molar-refractivity contribution is 5.49. The summed E-state index contributed by atoms with van der Waals surface area (Å²) >= 11 is 0. The molecule has 0 bridgehead atoms. The Morgan fingerprint density at radius 2 is 1.69 bits per heavy atom. The SMILES string of the molecule is CC1(C)CC[C@]2(CN)CC[C@]3(C)C(=CCC4[C@@]5(C)Cc6c(n[nH]c6N)C(C)(C)C5CC[C@]43C)C2C1. The van der Waals surface area contributed by atoms with Gasteiger partial charge in [0.25, 0.3) is 0 Å². The van der Waals surface area contributed by atoms with E-state index in [1.54, 1.807) is 5.57 Å². The van der Waals surface area contributed by atoms with Crippen molar-refractivity contribution in [2.24, 2.45) is 50.6 Å². The van der Waals surface area contributed by atoms with Crippen LogP contribution in [-0.4, -0.2) is 16.7 Å². The number of aromatic nitrogens is 2. The molecule has 4 heteroatoms. The summed E-state index contributed by atoms with van der Waals surface area (Å²) in [5, 5.41) is 7.88. The molecule has 3 unspecified atom stereocenters. The van der Waals surface area contributed by atoms with Crippen LogP contribution in [0.2, 0.25) is 0 Å². The number of nitrogen functional groups attached to an aromatic ring is 1. The zero-order valence-electron chi connectivity index (χ0n) is 23.5. The summed E-state index contributed by atoms with van der Waals surface area (Å²) in [7, 11) is 0. The Hall–Kier alpha value is -1.29. The molecule has 7 atom stereocenters. The first kappa shape index (κ1) is 24.1. The molecule has 194 valence electrons. The molecule has 5 aliphatic carbocycles. The van der Waals surface area contributed by atoms with Gasteiger partial charge < -0.3 is 11.5 Å². The van der Waals surface area contributed by atoms with Crippen LogP contribution in [0.15, 0.2) is 11.6 Å². The van der Waals surface area contributed by atoms with E-state index >= 15 is 0 Å². The van der Waals surface area contributed by atoms with Crippen molar-refractivity contribution >= 4 is 5.82 Å². The minimum absolute atomic E-state index is 0.0529. The van der Waals surface area contributed by atoms with Crippen LogP contribution < -0.4 is 11.5 Å². The van der Waals surface area contributed by atoms with Crippen molar-refractivity contribution in [3.05, 3.63) is 22.9 Å². The van der Waals surface area contributed by atoms with E-state index in [0.29, 0.717) is 34.0 Å². The van der Waals surface area contributed by atoms with Gasteiger partial charge in [-0.05, 0) is 109 Å². The smallest absolute Gasteiger partial charge is 0.122 e. The van der Waals surface area contributed by atoms with Gasteiger partial charge in [-0.2, -0.15) is 5.10 Å². The molecule has 1 aromatic heterocycles. The average Bonchev–Trinajstić information content (AvgIpc) is 3.14. The third kappa shape index (κ3) is 2.81. The Balaban J connectivity index is 1.46. The molecule has 0 radical (unpaired) electrons. The van der Waals surface area contributed by atoms with E-state index in [9.17, 15) is 0 Å². The van der Waals surface area contributed by atoms with Gasteiger partial charge >= 0.3 is 0 Å². The van der Waals surface area contributed by atoms with E-state index in [4.69, 9.17) is 16.6 Å². The Bertz CT molecular complexity index is 1080. The summed E-state index contributed by atoms with van der Waals surface area (Å²) in [6, 6.07) is 0. The lowest BCUT2D eigenvalue weighted by Gasteiger charge is -2.71. The summed E-state index contributed by atoms with van der Waals surface area (Å²) in [5.41, 5.74) is 19.1. The summed E-state index contributed by atoms with van der Waals surface area (Å²) < 4.78 is 0. The standard InChI is InChI=1S/C31H50N4/c1-26(2)12-14-31(18-32)15-13-29(6)20(21(31)17-26)8-9-23-28(5)16-19-24(34-35-25(19)33)27(3,4)22(28)10-11-30(23,29)7/h8,21-23H,9-18,32H2,1-7H3,(H3,33,34,35)/t21?,22?,23?,28-,29+,30+,31+/m0/s1. The van der Waals surface area contributed by atoms with E-state index < -0.39 is 0 Å². The Labute approximate surface area is 213 Å². The van der Waals surface area contributed by atoms with Gasteiger partial charge in [0.2, 0.25) is 0 Å². The van der Waals surface area contributed by atoms with Crippen LogP contribution in [0.1, 0.15) is 111 Å². The molecule has 0 aliphatic heterocycles. The lowest BCUT2D eigenvalue weighted by atomic mass is 9.33. The molecule has 1 aromatic rings. The molecule has 6 rings (SSSR count). The highest BCUT2D eigenvalue weighted by Crippen LogP contribution is 2.75. The molecule has 3 fully saturated rings. The second-order valence-electron chi connectivity index (χ2n) is 15.6. The Morgan fingerprint density at radius 1 is 0.971 bits per heavy atom. The number of fused-ring (bicyclic) bond motifs is 8. The molecular formula is C31H50N4. The lowest BCUT2D eigenvalue weighted by molar-refractivity contribution is -0.159. The second kappa shape index (κ2) is 6.97. The van der Waals surface area contributed by atoms with Crippen LogP contribution in [0, 0.1) is 44.8 Å². The van der Waals surface area contributed by atoms with Crippen molar-refractivity contribution in [3.8, 4) is 0 Å². The van der Waals surface area contributed by atoms with E-state index in [1.807, 2.05) is 0 Å². The number of nitrogens with two attached hydrogens (primary N) is 2. The van der Waals surface area contributed by atoms with Crippen molar-refractivity contribution < 1.29 is 0 Å². The quantitative estimate of drug-likeness (QED) is 0.390. The fraction of sp³-hybridized carbons (Fsp3) is 0.839. The predicted molar refractivity (Wildman–Crippen MR) is 145 cm³/mol. The van der Waals surface area contributed by atoms with Gasteiger partial charge in [-0.3, -0.25) is 5.10 Å². The van der Waals surface area contributed by atoms with Crippen molar-refractivity contribution in [1.29, 1.82) is 0 Å². The molecule has 0 spiro atoms. The highest BCUT2D eigenvalue weighted by Gasteiger charge is 2.68. The molecule has 3 saturated carbocycles. The number of nitrogens with zero attached hydrogens (tertiary/aromatic N) is 1. The minimum atomic E-state index is 0.0529. The lowest BCUT2D eigenvalue weighted by Crippen LogP contribution is -2.64. The van der Waals surface area contributed by atoms with Crippen LogP contribution in [0.3, 0.4) is 0 Å². The number of hydrogen-bond acceptors (Lipinski definition) is 3. The third-order valence-electron chi connectivity index (χ3n) is 13.4. The fourth-order valence-electron chi connectivity index (χ4n) is 11.2. The van der Waals surface area contributed by atoms with Gasteiger partial charge in [0, 0.05) is 11.0 Å². The largest absolute Gasteiger partial charge is 0.384 e. The average molecular weight is 479 g/mol. The Kier molecular flexibility index (Phi) is 4.79. The third-order valence-corrected chi connectivity index (χ3v) is 13.4. The molecule has 5 aliphatic rings. The fourth-order valence-corrected chi connectivity index (χ4v) is 11.2. The van der Waals surface area contributed by atoms with Gasteiger partial charge in [-0.1, -0.05) is 60.1 Å². The summed E-state index contributed by atoms with van der Waals surface area (Å²) in [5.74, 6) is 2.78. The van der Waals surface area contributed by atoms with Crippen molar-refractivity contribution in [1.82, 2.24) is 10.2 Å². The molecule has 0 aromatic carbocycles. The summed E-state index contributed by atoms with van der Waals surface area (Å²) in [6.45, 7) is 18.7. The van der Waals surface area contributed by atoms with Crippen LogP contribution in [0.25, 0.3) is 0 Å². The molecular weight excluding hydrogens is 428 g/mol. The van der Waals surface area contributed by atoms with E-state index in [-0.39, 0.29) is 16.2 Å². The van der Waals surface area contributed by atoms with E-state index in [2.05, 4.69) is 59.6 Å². The molecule has 0 saturated heterocycles. The number of anilines is 1. The number of hydrogen-bond donors (Lipinski definition) is 3. The number of aromatic amines is 1. The molecule has 35 heavy (non-hydrogen) atoms. The number of allylic oxidation sites excluding steroid dienone is 2. The van der Waals surface area contributed by atoms with E-state index in [1.165, 1.54) is 62.6 Å². The van der Waals surface area contributed by atoms with Crippen LogP contribution in [0.4, 0.5) is 5.82 Å². The Morgan fingerprint density at radius 3 is 2.40 bits per heavy atom. The summed E-state index contributed by atoms with van der Waals surface area (Å²) in [6.07, 6.45) is 14.2. The maximum Gasteiger partial charge on any atom is 0.122 e. The maximum atomic E-state index is 6.61. The number of H-pyrrole nitrogens is 1. The zero-order valence-corrected chi connectivity index (χ0v) is 23.5. The molecule has 1 heterocycles. The zero-order chi connectivity index (χ0) is 25.2. The van der Waals surface area contributed by atoms with Gasteiger partial charge in [0.1, 0.15) is 5.82 Å². The first-order valence-corrected chi connectivity index (χ1v) is 14.5. The van der Waals surface area contributed by atoms with Gasteiger partial charge in [0.15, 0.2) is 0 Å². The van der Waals surface area contributed by atoms with Crippen molar-refractivity contribution in [2.75, 3.05) is 12.3 Å². The van der Waals surface area contributed by atoms with Gasteiger partial charge in [0.05, 0.1) is 5.69 Å². The first-order valence-electron chi connectivity index (χ1n) is 14.5. The monoisotopic (exact) mass is 478 g/mol. The first-order chi connectivity index (χ1) is 16.2. The van der Waals surface area contributed by atoms with E-state index in [0.717, 1.165) is 18.8 Å². The van der Waals surface area contributed by atoms with Gasteiger partial charge in [-0.25, -0.2) is 0 Å².